The Balaban J connectivity index is 3.18. The van der Waals surface area contributed by atoms with Crippen LogP contribution in [0.3, 0.4) is 0 Å². The summed E-state index contributed by atoms with van der Waals surface area (Å²) in [4.78, 5) is 13.8. The summed E-state index contributed by atoms with van der Waals surface area (Å²) < 4.78 is 10.3. The third kappa shape index (κ3) is 9.21. The predicted octanol–water partition coefficient (Wildman–Crippen LogP) is 1.37. The average molecular weight is 207 g/mol. The Labute approximate surface area is 83.2 Å². The van der Waals surface area contributed by atoms with Gasteiger partial charge in [-0.1, -0.05) is 13.3 Å². The zero-order valence-electron chi connectivity index (χ0n) is 8.60. The van der Waals surface area contributed by atoms with Crippen molar-refractivity contribution in [2.24, 2.45) is 0 Å². The van der Waals surface area contributed by atoms with Crippen molar-refractivity contribution in [2.75, 3.05) is 19.8 Å². The molecule has 0 aromatic rings. The van der Waals surface area contributed by atoms with Gasteiger partial charge >= 0.3 is 0 Å². The molecule has 0 N–H and O–H groups in total. The number of rotatable bonds is 9. The molecule has 0 aliphatic carbocycles. The first-order valence-electron chi connectivity index (χ1n) is 4.67. The Morgan fingerprint density at radius 2 is 1.93 bits per heavy atom. The molecule has 14 heavy (non-hydrogen) atoms. The van der Waals surface area contributed by atoms with E-state index in [2.05, 4.69) is 11.8 Å². The normalized spacial score (nSPS) is 12.4. The molecule has 0 spiro atoms. The van der Waals surface area contributed by atoms with E-state index in [9.17, 15) is 10.1 Å². The third-order valence-electron chi connectivity index (χ3n) is 1.48. The van der Waals surface area contributed by atoms with Gasteiger partial charge in [-0.2, -0.15) is 0 Å². The molecule has 0 aromatic carbocycles. The van der Waals surface area contributed by atoms with Gasteiger partial charge in [-0.25, -0.2) is 0 Å². The minimum Gasteiger partial charge on any atom is -0.353 e. The van der Waals surface area contributed by atoms with Gasteiger partial charge in [0.15, 0.2) is 6.29 Å². The van der Waals surface area contributed by atoms with Crippen molar-refractivity contribution in [3.8, 4) is 0 Å². The molecule has 0 radical (unpaired) electrons. The zero-order valence-corrected chi connectivity index (χ0v) is 8.60. The summed E-state index contributed by atoms with van der Waals surface area (Å²) in [5.74, 6) is 0. The molecule has 1 unspecified atom stereocenters. The molecule has 0 bridgehead atoms. The van der Waals surface area contributed by atoms with E-state index >= 15 is 0 Å². The van der Waals surface area contributed by atoms with Gasteiger partial charge in [0.2, 0.25) is 0 Å². The SMILES string of the molecule is CCCCOC(C)OCCO[N+](=O)[O-]. The molecule has 6 nitrogen and oxygen atoms in total. The van der Waals surface area contributed by atoms with E-state index in [1.165, 1.54) is 0 Å². The van der Waals surface area contributed by atoms with E-state index in [-0.39, 0.29) is 19.5 Å². The standard InChI is InChI=1S/C8H17NO5/c1-3-4-5-12-8(2)13-6-7-14-9(10)11/h8H,3-7H2,1-2H3. The van der Waals surface area contributed by atoms with Crippen molar-refractivity contribution in [2.45, 2.75) is 33.0 Å². The summed E-state index contributed by atoms with van der Waals surface area (Å²) in [6.45, 7) is 4.57. The first kappa shape index (κ1) is 13.1. The van der Waals surface area contributed by atoms with E-state index in [0.29, 0.717) is 6.61 Å². The van der Waals surface area contributed by atoms with Crippen LogP contribution in [0.2, 0.25) is 0 Å². The van der Waals surface area contributed by atoms with E-state index in [1.54, 1.807) is 6.92 Å². The van der Waals surface area contributed by atoms with Crippen molar-refractivity contribution in [3.63, 3.8) is 0 Å². The molecule has 1 atom stereocenters. The van der Waals surface area contributed by atoms with Gasteiger partial charge in [-0.3, -0.25) is 0 Å². The van der Waals surface area contributed by atoms with Crippen LogP contribution in [-0.2, 0) is 14.3 Å². The molecule has 0 amide bonds. The molecule has 0 saturated heterocycles. The van der Waals surface area contributed by atoms with Crippen LogP contribution in [0.1, 0.15) is 26.7 Å². The number of hydrogen-bond acceptors (Lipinski definition) is 5. The first-order chi connectivity index (χ1) is 6.66. The van der Waals surface area contributed by atoms with E-state index in [4.69, 9.17) is 9.47 Å². The van der Waals surface area contributed by atoms with Crippen LogP contribution in [-0.4, -0.2) is 31.2 Å². The zero-order chi connectivity index (χ0) is 10.8. The van der Waals surface area contributed by atoms with Gasteiger partial charge in [0, 0.05) is 6.61 Å². The van der Waals surface area contributed by atoms with Gasteiger partial charge in [-0.15, -0.1) is 10.1 Å². The largest absolute Gasteiger partial charge is 0.353 e. The second kappa shape index (κ2) is 8.71. The highest BCUT2D eigenvalue weighted by Crippen LogP contribution is 1.96. The van der Waals surface area contributed by atoms with Crippen LogP contribution in [0.25, 0.3) is 0 Å². The van der Waals surface area contributed by atoms with Crippen LogP contribution in [0.5, 0.6) is 0 Å². The van der Waals surface area contributed by atoms with Gasteiger partial charge in [0.1, 0.15) is 6.61 Å². The lowest BCUT2D eigenvalue weighted by atomic mass is 10.4. The molecule has 0 aliphatic rings. The molecule has 0 saturated carbocycles. The topological polar surface area (TPSA) is 70.8 Å². The van der Waals surface area contributed by atoms with Crippen molar-refractivity contribution < 1.29 is 19.4 Å². The first-order valence-corrected chi connectivity index (χ1v) is 4.67. The lowest BCUT2D eigenvalue weighted by molar-refractivity contribution is -0.758. The van der Waals surface area contributed by atoms with Crippen LogP contribution in [0.4, 0.5) is 0 Å². The Bertz CT molecular complexity index is 153. The van der Waals surface area contributed by atoms with Crippen molar-refractivity contribution in [3.05, 3.63) is 10.1 Å². The second-order valence-corrected chi connectivity index (χ2v) is 2.72. The summed E-state index contributed by atoms with van der Waals surface area (Å²) in [5.41, 5.74) is 0. The predicted molar refractivity (Wildman–Crippen MR) is 49.2 cm³/mol. The maximum absolute atomic E-state index is 9.75. The summed E-state index contributed by atoms with van der Waals surface area (Å²) in [6.07, 6.45) is 1.72. The molecular weight excluding hydrogens is 190 g/mol. The summed E-state index contributed by atoms with van der Waals surface area (Å²) >= 11 is 0. The van der Waals surface area contributed by atoms with Crippen LogP contribution in [0, 0.1) is 10.1 Å². The minimum absolute atomic E-state index is 0.0610. The Hall–Kier alpha value is -0.880. The molecule has 0 rings (SSSR count). The van der Waals surface area contributed by atoms with E-state index < -0.39 is 5.09 Å². The number of unbranched alkanes of at least 4 members (excludes halogenated alkanes) is 1. The van der Waals surface area contributed by atoms with E-state index in [0.717, 1.165) is 12.8 Å². The number of hydrogen-bond donors (Lipinski definition) is 0. The molecule has 0 fully saturated rings. The summed E-state index contributed by atoms with van der Waals surface area (Å²) in [7, 11) is 0. The average Bonchev–Trinajstić information content (AvgIpc) is 2.13. The third-order valence-corrected chi connectivity index (χ3v) is 1.48. The Morgan fingerprint density at radius 1 is 1.29 bits per heavy atom. The van der Waals surface area contributed by atoms with Gasteiger partial charge < -0.3 is 14.3 Å². The van der Waals surface area contributed by atoms with Crippen molar-refractivity contribution in [1.82, 2.24) is 0 Å². The summed E-state index contributed by atoms with van der Waals surface area (Å²) in [5, 5.41) is 8.91. The van der Waals surface area contributed by atoms with Crippen LogP contribution < -0.4 is 0 Å². The maximum Gasteiger partial charge on any atom is 0.294 e. The molecule has 0 aromatic heterocycles. The van der Waals surface area contributed by atoms with Crippen molar-refractivity contribution in [1.29, 1.82) is 0 Å². The Kier molecular flexibility index (Phi) is 8.16. The highest BCUT2D eigenvalue weighted by atomic mass is 17.0. The lowest BCUT2D eigenvalue weighted by Gasteiger charge is -2.13. The number of nitrogens with zero attached hydrogens (tertiary/aromatic N) is 1. The van der Waals surface area contributed by atoms with Crippen LogP contribution in [0.15, 0.2) is 0 Å². The van der Waals surface area contributed by atoms with Gasteiger partial charge in [0.05, 0.1) is 6.61 Å². The highest BCUT2D eigenvalue weighted by molar-refractivity contribution is 4.35. The van der Waals surface area contributed by atoms with Gasteiger partial charge in [-0.05, 0) is 13.3 Å². The van der Waals surface area contributed by atoms with E-state index in [1.807, 2.05) is 0 Å². The fourth-order valence-electron chi connectivity index (χ4n) is 0.768. The number of ether oxygens (including phenoxy) is 2. The maximum atomic E-state index is 9.75. The van der Waals surface area contributed by atoms with Crippen molar-refractivity contribution >= 4 is 0 Å². The second-order valence-electron chi connectivity index (χ2n) is 2.72. The smallest absolute Gasteiger partial charge is 0.294 e. The Morgan fingerprint density at radius 3 is 2.50 bits per heavy atom. The fraction of sp³-hybridized carbons (Fsp3) is 1.00. The van der Waals surface area contributed by atoms with Crippen LogP contribution >= 0.6 is 0 Å². The molecule has 84 valence electrons. The highest BCUT2D eigenvalue weighted by Gasteiger charge is 2.01. The monoisotopic (exact) mass is 207 g/mol. The molecule has 6 heteroatoms. The summed E-state index contributed by atoms with van der Waals surface area (Å²) in [6, 6.07) is 0. The van der Waals surface area contributed by atoms with Gasteiger partial charge in [0.25, 0.3) is 5.09 Å². The molecule has 0 aliphatic heterocycles. The quantitative estimate of drug-likeness (QED) is 0.247. The fourth-order valence-corrected chi connectivity index (χ4v) is 0.768. The minimum atomic E-state index is -0.841. The lowest BCUT2D eigenvalue weighted by Crippen LogP contribution is -2.17. The molecule has 0 heterocycles. The molecular formula is C8H17NO5.